The summed E-state index contributed by atoms with van der Waals surface area (Å²) in [6.07, 6.45) is 2.01. The van der Waals surface area contributed by atoms with Crippen LogP contribution in [0.1, 0.15) is 25.3 Å². The van der Waals surface area contributed by atoms with E-state index in [0.717, 1.165) is 12.8 Å². The van der Waals surface area contributed by atoms with Crippen molar-refractivity contribution < 1.29 is 19.1 Å². The number of nitrogens with zero attached hydrogens (tertiary/aromatic N) is 2. The molecule has 1 N–H and O–H groups in total. The Kier molecular flexibility index (Phi) is 6.01. The Morgan fingerprint density at radius 2 is 2.08 bits per heavy atom. The summed E-state index contributed by atoms with van der Waals surface area (Å²) < 4.78 is 10.9. The Balaban J connectivity index is 1.88. The number of rotatable bonds is 8. The second-order valence-corrected chi connectivity index (χ2v) is 5.59. The molecule has 0 aromatic heterocycles. The van der Waals surface area contributed by atoms with E-state index in [1.807, 2.05) is 13.0 Å². The van der Waals surface area contributed by atoms with Gasteiger partial charge in [0.05, 0.1) is 24.8 Å². The zero-order valence-corrected chi connectivity index (χ0v) is 13.9. The molecule has 1 aliphatic carbocycles. The van der Waals surface area contributed by atoms with Gasteiger partial charge in [-0.3, -0.25) is 9.59 Å². The van der Waals surface area contributed by atoms with Crippen molar-refractivity contribution in [2.75, 3.05) is 26.8 Å². The number of carbonyl (C=O) groups excluding carboxylic acids is 2. The first-order chi connectivity index (χ1) is 11.5. The van der Waals surface area contributed by atoms with E-state index in [2.05, 4.69) is 5.32 Å². The van der Waals surface area contributed by atoms with Gasteiger partial charge in [-0.25, -0.2) is 0 Å². The van der Waals surface area contributed by atoms with Crippen LogP contribution in [0.3, 0.4) is 0 Å². The van der Waals surface area contributed by atoms with E-state index in [4.69, 9.17) is 14.7 Å². The average molecular weight is 331 g/mol. The molecule has 0 aliphatic heterocycles. The van der Waals surface area contributed by atoms with Crippen molar-refractivity contribution in [3.63, 3.8) is 0 Å². The number of carbonyl (C=O) groups is 2. The van der Waals surface area contributed by atoms with Crippen LogP contribution in [0.15, 0.2) is 18.2 Å². The van der Waals surface area contributed by atoms with Crippen LogP contribution in [-0.2, 0) is 9.59 Å². The van der Waals surface area contributed by atoms with Gasteiger partial charge >= 0.3 is 0 Å². The molecule has 1 fully saturated rings. The summed E-state index contributed by atoms with van der Waals surface area (Å²) in [5.74, 6) is 0.327. The van der Waals surface area contributed by atoms with Crippen molar-refractivity contribution in [2.24, 2.45) is 0 Å². The Morgan fingerprint density at radius 1 is 1.33 bits per heavy atom. The zero-order chi connectivity index (χ0) is 17.5. The normalized spacial score (nSPS) is 12.9. The molecule has 7 heteroatoms. The van der Waals surface area contributed by atoms with Gasteiger partial charge in [0.2, 0.25) is 5.91 Å². The van der Waals surface area contributed by atoms with E-state index in [-0.39, 0.29) is 31.0 Å². The first kappa shape index (κ1) is 17.6. The maximum absolute atomic E-state index is 12.1. The molecule has 1 saturated carbocycles. The van der Waals surface area contributed by atoms with Crippen LogP contribution in [0.25, 0.3) is 0 Å². The molecule has 2 rings (SSSR count). The van der Waals surface area contributed by atoms with Gasteiger partial charge < -0.3 is 19.7 Å². The van der Waals surface area contributed by atoms with Gasteiger partial charge in [0, 0.05) is 19.2 Å². The van der Waals surface area contributed by atoms with Gasteiger partial charge in [-0.05, 0) is 31.9 Å². The Labute approximate surface area is 141 Å². The molecule has 128 valence electrons. The molecule has 1 aliphatic rings. The van der Waals surface area contributed by atoms with Crippen molar-refractivity contribution in [3.05, 3.63) is 23.8 Å². The number of amides is 2. The van der Waals surface area contributed by atoms with Gasteiger partial charge in [0.1, 0.15) is 0 Å². The lowest BCUT2D eigenvalue weighted by atomic mass is 10.2. The topological polar surface area (TPSA) is 91.7 Å². The standard InChI is InChI=1S/C17H21N3O4/c1-3-23-15-8-12(9-18)4-7-14(15)24-11-17(22)20(2)10-16(21)19-13-5-6-13/h4,7-8,13H,3,5-6,10-11H2,1-2H3,(H,19,21). The summed E-state index contributed by atoms with van der Waals surface area (Å²) >= 11 is 0. The first-order valence-electron chi connectivity index (χ1n) is 7.86. The van der Waals surface area contributed by atoms with Crippen LogP contribution in [0.2, 0.25) is 0 Å². The SMILES string of the molecule is CCOc1cc(C#N)ccc1OCC(=O)N(C)CC(=O)NC1CC1. The van der Waals surface area contributed by atoms with E-state index >= 15 is 0 Å². The molecule has 1 aromatic carbocycles. The van der Waals surface area contributed by atoms with Crippen LogP contribution in [-0.4, -0.2) is 49.6 Å². The van der Waals surface area contributed by atoms with Gasteiger partial charge in [-0.2, -0.15) is 5.26 Å². The maximum Gasteiger partial charge on any atom is 0.260 e. The largest absolute Gasteiger partial charge is 0.490 e. The van der Waals surface area contributed by atoms with E-state index in [9.17, 15) is 9.59 Å². The monoisotopic (exact) mass is 331 g/mol. The summed E-state index contributed by atoms with van der Waals surface area (Å²) in [5, 5.41) is 11.7. The minimum Gasteiger partial charge on any atom is -0.490 e. The number of likely N-dealkylation sites (N-methyl/N-ethyl adjacent to an activating group) is 1. The molecule has 0 saturated heterocycles. The van der Waals surface area contributed by atoms with E-state index in [1.54, 1.807) is 25.2 Å². The number of hydrogen-bond donors (Lipinski definition) is 1. The van der Waals surface area contributed by atoms with Crippen LogP contribution in [0, 0.1) is 11.3 Å². The van der Waals surface area contributed by atoms with Crippen LogP contribution >= 0.6 is 0 Å². The molecule has 0 unspecified atom stereocenters. The van der Waals surface area contributed by atoms with Crippen molar-refractivity contribution in [1.29, 1.82) is 5.26 Å². The Hall–Kier alpha value is -2.75. The highest BCUT2D eigenvalue weighted by Crippen LogP contribution is 2.28. The Morgan fingerprint density at radius 3 is 2.71 bits per heavy atom. The summed E-state index contributed by atoms with van der Waals surface area (Å²) in [6, 6.07) is 7.04. The van der Waals surface area contributed by atoms with E-state index < -0.39 is 0 Å². The maximum atomic E-state index is 12.1. The number of nitriles is 1. The van der Waals surface area contributed by atoms with Crippen molar-refractivity contribution in [1.82, 2.24) is 10.2 Å². The summed E-state index contributed by atoms with van der Waals surface area (Å²) in [6.45, 7) is 2.03. The smallest absolute Gasteiger partial charge is 0.260 e. The molecule has 2 amide bonds. The molecule has 0 bridgehead atoms. The highest BCUT2D eigenvalue weighted by molar-refractivity contribution is 5.85. The molecule has 0 atom stereocenters. The predicted octanol–water partition coefficient (Wildman–Crippen LogP) is 1.07. The van der Waals surface area contributed by atoms with Crippen LogP contribution in [0.4, 0.5) is 0 Å². The molecule has 0 heterocycles. The lowest BCUT2D eigenvalue weighted by molar-refractivity contribution is -0.136. The lowest BCUT2D eigenvalue weighted by Crippen LogP contribution is -2.40. The molecular formula is C17H21N3O4. The van der Waals surface area contributed by atoms with Gasteiger partial charge in [0.25, 0.3) is 5.91 Å². The van der Waals surface area contributed by atoms with Crippen molar-refractivity contribution in [3.8, 4) is 17.6 Å². The number of ether oxygens (including phenoxy) is 2. The second-order valence-electron chi connectivity index (χ2n) is 5.59. The van der Waals surface area contributed by atoms with Gasteiger partial charge in [-0.1, -0.05) is 0 Å². The quantitative estimate of drug-likeness (QED) is 0.769. The number of hydrogen-bond acceptors (Lipinski definition) is 5. The fourth-order valence-electron chi connectivity index (χ4n) is 2.02. The Bertz CT molecular complexity index is 650. The number of nitrogens with one attached hydrogen (secondary N) is 1. The van der Waals surface area contributed by atoms with Gasteiger partial charge in [0.15, 0.2) is 18.1 Å². The van der Waals surface area contributed by atoms with E-state index in [0.29, 0.717) is 23.7 Å². The molecular weight excluding hydrogens is 310 g/mol. The van der Waals surface area contributed by atoms with Crippen molar-refractivity contribution >= 4 is 11.8 Å². The van der Waals surface area contributed by atoms with Gasteiger partial charge in [-0.15, -0.1) is 0 Å². The summed E-state index contributed by atoms with van der Waals surface area (Å²) in [7, 11) is 1.56. The minimum absolute atomic E-state index is 0.00435. The molecule has 0 spiro atoms. The third kappa shape index (κ3) is 5.16. The fraction of sp³-hybridized carbons (Fsp3) is 0.471. The van der Waals surface area contributed by atoms with Crippen LogP contribution < -0.4 is 14.8 Å². The molecule has 1 aromatic rings. The molecule has 24 heavy (non-hydrogen) atoms. The third-order valence-electron chi connectivity index (χ3n) is 3.47. The first-order valence-corrected chi connectivity index (χ1v) is 7.86. The average Bonchev–Trinajstić information content (AvgIpc) is 3.37. The molecule has 0 radical (unpaired) electrons. The lowest BCUT2D eigenvalue weighted by Gasteiger charge is -2.18. The highest BCUT2D eigenvalue weighted by atomic mass is 16.5. The molecule has 7 nitrogen and oxygen atoms in total. The zero-order valence-electron chi connectivity index (χ0n) is 13.9. The second kappa shape index (κ2) is 8.20. The third-order valence-corrected chi connectivity index (χ3v) is 3.47. The minimum atomic E-state index is -0.312. The van der Waals surface area contributed by atoms with E-state index in [1.165, 1.54) is 4.90 Å². The van der Waals surface area contributed by atoms with Crippen molar-refractivity contribution in [2.45, 2.75) is 25.8 Å². The summed E-state index contributed by atoms with van der Waals surface area (Å²) in [5.41, 5.74) is 0.450. The predicted molar refractivity (Wildman–Crippen MR) is 86.6 cm³/mol. The summed E-state index contributed by atoms with van der Waals surface area (Å²) in [4.78, 5) is 25.1. The highest BCUT2D eigenvalue weighted by Gasteiger charge is 2.24. The fourth-order valence-corrected chi connectivity index (χ4v) is 2.02. The van der Waals surface area contributed by atoms with Crippen LogP contribution in [0.5, 0.6) is 11.5 Å². The number of benzene rings is 1.